The van der Waals surface area contributed by atoms with Gasteiger partial charge in [-0.25, -0.2) is 14.8 Å². The first-order chi connectivity index (χ1) is 9.27. The van der Waals surface area contributed by atoms with Crippen molar-refractivity contribution >= 4 is 5.97 Å². The maximum atomic E-state index is 11.0. The maximum absolute atomic E-state index is 11.0. The fraction of sp³-hybridized carbons (Fsp3) is 0.615. The molecule has 0 atom stereocenters. The van der Waals surface area contributed by atoms with Crippen molar-refractivity contribution in [3.05, 3.63) is 23.8 Å². The van der Waals surface area contributed by atoms with E-state index < -0.39 is 5.97 Å². The largest absolute Gasteiger partial charge is 0.478 e. The third kappa shape index (κ3) is 4.25. The van der Waals surface area contributed by atoms with Gasteiger partial charge in [0.1, 0.15) is 11.9 Å². The Bertz CT molecular complexity index is 419. The van der Waals surface area contributed by atoms with Crippen LogP contribution in [0.5, 0.6) is 0 Å². The van der Waals surface area contributed by atoms with Gasteiger partial charge in [-0.05, 0) is 12.8 Å². The Morgan fingerprint density at radius 1 is 1.47 bits per heavy atom. The lowest BCUT2D eigenvalue weighted by atomic mass is 10.2. The molecule has 0 unspecified atom stereocenters. The van der Waals surface area contributed by atoms with Gasteiger partial charge >= 0.3 is 5.97 Å². The van der Waals surface area contributed by atoms with Crippen LogP contribution in [0.4, 0.5) is 0 Å². The first-order valence-corrected chi connectivity index (χ1v) is 6.62. The van der Waals surface area contributed by atoms with Gasteiger partial charge in [0, 0.05) is 19.3 Å². The Labute approximate surface area is 112 Å². The van der Waals surface area contributed by atoms with E-state index in [1.54, 1.807) is 0 Å². The molecule has 0 saturated heterocycles. The van der Waals surface area contributed by atoms with Crippen LogP contribution in [0, 0.1) is 0 Å². The highest BCUT2D eigenvalue weighted by Crippen LogP contribution is 2.20. The second-order valence-corrected chi connectivity index (χ2v) is 4.64. The number of rotatable bonds is 7. The third-order valence-electron chi connectivity index (χ3n) is 3.25. The van der Waals surface area contributed by atoms with Crippen molar-refractivity contribution in [1.29, 1.82) is 0 Å². The van der Waals surface area contributed by atoms with Crippen LogP contribution in [0.15, 0.2) is 12.5 Å². The minimum atomic E-state index is -1.00. The van der Waals surface area contributed by atoms with Crippen LogP contribution in [0.1, 0.15) is 41.7 Å². The average Bonchev–Trinajstić information content (AvgIpc) is 2.92. The van der Waals surface area contributed by atoms with E-state index in [0.717, 1.165) is 12.8 Å². The summed E-state index contributed by atoms with van der Waals surface area (Å²) in [7, 11) is 0. The van der Waals surface area contributed by atoms with Gasteiger partial charge in [0.25, 0.3) is 0 Å². The van der Waals surface area contributed by atoms with E-state index in [2.05, 4.69) is 15.3 Å². The summed E-state index contributed by atoms with van der Waals surface area (Å²) in [6.45, 7) is 1.76. The summed E-state index contributed by atoms with van der Waals surface area (Å²) in [6.07, 6.45) is 7.95. The molecule has 0 aliphatic heterocycles. The summed E-state index contributed by atoms with van der Waals surface area (Å²) < 4.78 is 5.71. The molecule has 19 heavy (non-hydrogen) atoms. The third-order valence-corrected chi connectivity index (χ3v) is 3.25. The van der Waals surface area contributed by atoms with Crippen LogP contribution < -0.4 is 5.32 Å². The number of hydrogen-bond acceptors (Lipinski definition) is 5. The van der Waals surface area contributed by atoms with Crippen LogP contribution >= 0.6 is 0 Å². The van der Waals surface area contributed by atoms with E-state index >= 15 is 0 Å². The summed E-state index contributed by atoms with van der Waals surface area (Å²) in [4.78, 5) is 18.7. The van der Waals surface area contributed by atoms with E-state index in [1.807, 2.05) is 0 Å². The van der Waals surface area contributed by atoms with Crippen LogP contribution in [0.3, 0.4) is 0 Å². The number of aromatic nitrogens is 2. The standard InChI is InChI=1S/C13H19N3O3/c17-13(18)11-7-15-9-16-12(11)8-14-5-6-19-10-3-1-2-4-10/h7,9-10,14H,1-6,8H2,(H,17,18). The number of nitrogens with zero attached hydrogens (tertiary/aromatic N) is 2. The molecule has 2 rings (SSSR count). The lowest BCUT2D eigenvalue weighted by Gasteiger charge is -2.11. The van der Waals surface area contributed by atoms with Gasteiger partial charge in [-0.3, -0.25) is 0 Å². The number of aromatic carboxylic acids is 1. The van der Waals surface area contributed by atoms with Crippen LogP contribution in [-0.4, -0.2) is 40.3 Å². The zero-order valence-corrected chi connectivity index (χ0v) is 10.8. The summed E-state index contributed by atoms with van der Waals surface area (Å²) >= 11 is 0. The highest BCUT2D eigenvalue weighted by atomic mass is 16.5. The monoisotopic (exact) mass is 265 g/mol. The van der Waals surface area contributed by atoms with Crippen LogP contribution in [0.25, 0.3) is 0 Å². The Hall–Kier alpha value is -1.53. The molecule has 1 aromatic rings. The number of carboxylic acids is 1. The number of carbonyl (C=O) groups is 1. The van der Waals surface area contributed by atoms with Gasteiger partial charge in [0.05, 0.1) is 18.4 Å². The van der Waals surface area contributed by atoms with Gasteiger partial charge in [-0.15, -0.1) is 0 Å². The molecule has 1 aliphatic rings. The second kappa shape index (κ2) is 7.16. The SMILES string of the molecule is O=C(O)c1cncnc1CNCCOC1CCCC1. The van der Waals surface area contributed by atoms with Crippen molar-refractivity contribution in [2.45, 2.75) is 38.3 Å². The molecule has 1 saturated carbocycles. The molecule has 1 heterocycles. The van der Waals surface area contributed by atoms with Gasteiger partial charge < -0.3 is 15.2 Å². The molecule has 0 spiro atoms. The van der Waals surface area contributed by atoms with E-state index in [1.165, 1.54) is 25.4 Å². The highest BCUT2D eigenvalue weighted by molar-refractivity contribution is 5.88. The van der Waals surface area contributed by atoms with E-state index in [-0.39, 0.29) is 5.56 Å². The molecule has 6 heteroatoms. The number of carboxylic acid groups (broad SMARTS) is 1. The maximum Gasteiger partial charge on any atom is 0.339 e. The minimum Gasteiger partial charge on any atom is -0.478 e. The fourth-order valence-corrected chi connectivity index (χ4v) is 2.23. The fourth-order valence-electron chi connectivity index (χ4n) is 2.23. The van der Waals surface area contributed by atoms with Crippen molar-refractivity contribution in [3.8, 4) is 0 Å². The number of nitrogens with one attached hydrogen (secondary N) is 1. The van der Waals surface area contributed by atoms with Gasteiger partial charge in [-0.2, -0.15) is 0 Å². The molecule has 0 bridgehead atoms. The van der Waals surface area contributed by atoms with Crippen molar-refractivity contribution < 1.29 is 14.6 Å². The quantitative estimate of drug-likeness (QED) is 0.721. The first-order valence-electron chi connectivity index (χ1n) is 6.62. The molecule has 0 radical (unpaired) electrons. The molecule has 2 N–H and O–H groups in total. The molecule has 1 aliphatic carbocycles. The van der Waals surface area contributed by atoms with Crippen molar-refractivity contribution in [2.24, 2.45) is 0 Å². The molecular formula is C13H19N3O3. The Morgan fingerprint density at radius 2 is 2.26 bits per heavy atom. The van der Waals surface area contributed by atoms with E-state index in [4.69, 9.17) is 9.84 Å². The Kier molecular flexibility index (Phi) is 5.23. The summed E-state index contributed by atoms with van der Waals surface area (Å²) in [5, 5.41) is 12.1. The topological polar surface area (TPSA) is 84.3 Å². The Morgan fingerprint density at radius 3 is 3.00 bits per heavy atom. The molecule has 1 fully saturated rings. The lowest BCUT2D eigenvalue weighted by Crippen LogP contribution is -2.23. The average molecular weight is 265 g/mol. The zero-order chi connectivity index (χ0) is 13.5. The summed E-state index contributed by atoms with van der Waals surface area (Å²) in [5.74, 6) is -1.00. The zero-order valence-electron chi connectivity index (χ0n) is 10.8. The van der Waals surface area contributed by atoms with Crippen molar-refractivity contribution in [2.75, 3.05) is 13.2 Å². The van der Waals surface area contributed by atoms with Crippen LogP contribution in [0.2, 0.25) is 0 Å². The molecule has 1 aromatic heterocycles. The molecule has 104 valence electrons. The second-order valence-electron chi connectivity index (χ2n) is 4.64. The lowest BCUT2D eigenvalue weighted by molar-refractivity contribution is 0.0602. The summed E-state index contributed by atoms with van der Waals surface area (Å²) in [6, 6.07) is 0. The van der Waals surface area contributed by atoms with Gasteiger partial charge in [0.15, 0.2) is 0 Å². The predicted molar refractivity (Wildman–Crippen MR) is 68.9 cm³/mol. The van der Waals surface area contributed by atoms with Crippen molar-refractivity contribution in [3.63, 3.8) is 0 Å². The minimum absolute atomic E-state index is 0.145. The van der Waals surface area contributed by atoms with E-state index in [9.17, 15) is 4.79 Å². The predicted octanol–water partition coefficient (Wildman–Crippen LogP) is 1.22. The van der Waals surface area contributed by atoms with Gasteiger partial charge in [-0.1, -0.05) is 12.8 Å². The number of hydrogen-bond donors (Lipinski definition) is 2. The normalized spacial score (nSPS) is 15.8. The number of ether oxygens (including phenoxy) is 1. The smallest absolute Gasteiger partial charge is 0.339 e. The van der Waals surface area contributed by atoms with E-state index in [0.29, 0.717) is 31.5 Å². The molecule has 0 amide bonds. The molecule has 0 aromatic carbocycles. The van der Waals surface area contributed by atoms with Crippen LogP contribution in [-0.2, 0) is 11.3 Å². The molecule has 6 nitrogen and oxygen atoms in total. The summed E-state index contributed by atoms with van der Waals surface area (Å²) in [5.41, 5.74) is 0.648. The highest BCUT2D eigenvalue weighted by Gasteiger charge is 2.15. The molecular weight excluding hydrogens is 246 g/mol. The van der Waals surface area contributed by atoms with Crippen molar-refractivity contribution in [1.82, 2.24) is 15.3 Å². The Balaban J connectivity index is 1.69. The first kappa shape index (κ1) is 13.9. The van der Waals surface area contributed by atoms with Gasteiger partial charge in [0.2, 0.25) is 0 Å².